The van der Waals surface area contributed by atoms with Crippen LogP contribution in [0.15, 0.2) is 46.9 Å². The first-order valence-corrected chi connectivity index (χ1v) is 9.02. The van der Waals surface area contributed by atoms with Gasteiger partial charge in [0.1, 0.15) is 11.5 Å². The summed E-state index contributed by atoms with van der Waals surface area (Å²) in [7, 11) is 1.54. The number of carbonyl (C=O) groups excluding carboxylic acids is 2. The number of carbonyl (C=O) groups is 2. The number of ether oxygens (including phenoxy) is 2. The topological polar surface area (TPSA) is 88.7 Å². The van der Waals surface area contributed by atoms with Crippen molar-refractivity contribution in [3.05, 3.63) is 58.1 Å². The molecule has 0 radical (unpaired) electrons. The molecule has 9 heteroatoms. The van der Waals surface area contributed by atoms with E-state index >= 15 is 0 Å². The van der Waals surface area contributed by atoms with Crippen molar-refractivity contribution in [3.8, 4) is 11.5 Å². The van der Waals surface area contributed by atoms with Gasteiger partial charge in [0.15, 0.2) is 11.7 Å². The third kappa shape index (κ3) is 6.54. The van der Waals surface area contributed by atoms with E-state index in [9.17, 15) is 9.59 Å². The van der Waals surface area contributed by atoms with Crippen LogP contribution in [-0.4, -0.2) is 30.6 Å². The minimum Gasteiger partial charge on any atom is -0.497 e. The normalized spacial score (nSPS) is 9.89. The Morgan fingerprint density at radius 2 is 1.81 bits per heavy atom. The van der Waals surface area contributed by atoms with Crippen LogP contribution in [0.2, 0.25) is 0 Å². The second-order valence-electron chi connectivity index (χ2n) is 5.41. The molecule has 2 rings (SSSR count). The van der Waals surface area contributed by atoms with Crippen molar-refractivity contribution in [1.82, 2.24) is 16.2 Å². The number of hydrogen-bond acceptors (Lipinski definition) is 5. The van der Waals surface area contributed by atoms with Gasteiger partial charge in [0.2, 0.25) is 0 Å². The Morgan fingerprint density at radius 3 is 2.44 bits per heavy atom. The number of thiocarbonyl (C=S) groups is 1. The van der Waals surface area contributed by atoms with Crippen molar-refractivity contribution in [1.29, 1.82) is 0 Å². The molecule has 2 aromatic carbocycles. The van der Waals surface area contributed by atoms with Crippen LogP contribution in [0.1, 0.15) is 15.9 Å². The number of amides is 2. The summed E-state index contributed by atoms with van der Waals surface area (Å²) in [5.41, 5.74) is 6.33. The van der Waals surface area contributed by atoms with Crippen LogP contribution in [0, 0.1) is 6.92 Å². The van der Waals surface area contributed by atoms with Crippen molar-refractivity contribution >= 4 is 45.1 Å². The van der Waals surface area contributed by atoms with E-state index < -0.39 is 11.8 Å². The van der Waals surface area contributed by atoms with Gasteiger partial charge < -0.3 is 9.47 Å². The highest BCUT2D eigenvalue weighted by atomic mass is 79.9. The Morgan fingerprint density at radius 1 is 1.11 bits per heavy atom. The zero-order chi connectivity index (χ0) is 19.8. The van der Waals surface area contributed by atoms with E-state index in [2.05, 4.69) is 32.1 Å². The molecule has 0 aliphatic rings. The van der Waals surface area contributed by atoms with Crippen LogP contribution in [0.4, 0.5) is 0 Å². The molecule has 0 aliphatic carbocycles. The molecule has 0 aliphatic heterocycles. The minimum atomic E-state index is -0.460. The Labute approximate surface area is 170 Å². The van der Waals surface area contributed by atoms with E-state index in [1.807, 2.05) is 19.1 Å². The van der Waals surface area contributed by atoms with Crippen LogP contribution in [0.25, 0.3) is 0 Å². The second kappa shape index (κ2) is 9.89. The van der Waals surface area contributed by atoms with Crippen molar-refractivity contribution in [2.24, 2.45) is 0 Å². The average molecular weight is 452 g/mol. The van der Waals surface area contributed by atoms with Gasteiger partial charge in [-0.2, -0.15) is 0 Å². The lowest BCUT2D eigenvalue weighted by atomic mass is 10.2. The molecule has 0 fully saturated rings. The van der Waals surface area contributed by atoms with Crippen LogP contribution >= 0.6 is 28.1 Å². The molecule has 142 valence electrons. The van der Waals surface area contributed by atoms with Crippen molar-refractivity contribution < 1.29 is 19.1 Å². The Bertz CT molecular complexity index is 843. The molecule has 0 saturated carbocycles. The van der Waals surface area contributed by atoms with Crippen molar-refractivity contribution in [2.45, 2.75) is 6.92 Å². The molecule has 7 nitrogen and oxygen atoms in total. The molecular weight excluding hydrogens is 434 g/mol. The Kier molecular flexibility index (Phi) is 7.56. The lowest BCUT2D eigenvalue weighted by Gasteiger charge is -2.12. The first-order chi connectivity index (χ1) is 12.9. The average Bonchev–Trinajstić information content (AvgIpc) is 2.65. The zero-order valence-electron chi connectivity index (χ0n) is 14.7. The zero-order valence-corrected chi connectivity index (χ0v) is 17.1. The number of aryl methyl sites for hydroxylation is 1. The largest absolute Gasteiger partial charge is 0.497 e. The van der Waals surface area contributed by atoms with Gasteiger partial charge in [0, 0.05) is 5.56 Å². The third-order valence-corrected chi connectivity index (χ3v) is 4.16. The van der Waals surface area contributed by atoms with E-state index in [0.29, 0.717) is 17.1 Å². The maximum Gasteiger partial charge on any atom is 0.269 e. The monoisotopic (exact) mass is 451 g/mol. The number of nitrogens with one attached hydrogen (secondary N) is 3. The summed E-state index contributed by atoms with van der Waals surface area (Å²) in [5, 5.41) is 2.36. The lowest BCUT2D eigenvalue weighted by Crippen LogP contribution is -2.49. The van der Waals surface area contributed by atoms with E-state index in [0.717, 1.165) is 10.0 Å². The molecule has 0 spiro atoms. The van der Waals surface area contributed by atoms with E-state index in [1.165, 1.54) is 0 Å². The van der Waals surface area contributed by atoms with Crippen LogP contribution in [-0.2, 0) is 4.79 Å². The van der Waals surface area contributed by atoms with Gasteiger partial charge in [-0.25, -0.2) is 0 Å². The highest BCUT2D eigenvalue weighted by Gasteiger charge is 2.10. The fourth-order valence-corrected chi connectivity index (χ4v) is 2.76. The molecule has 2 aromatic rings. The summed E-state index contributed by atoms with van der Waals surface area (Å²) in [5.74, 6) is 0.317. The fraction of sp³-hybridized carbons (Fsp3) is 0.167. The number of methoxy groups -OCH3 is 1. The van der Waals surface area contributed by atoms with E-state index in [1.54, 1.807) is 37.4 Å². The summed E-state index contributed by atoms with van der Waals surface area (Å²) < 4.78 is 11.2. The molecule has 3 N–H and O–H groups in total. The second-order valence-corrected chi connectivity index (χ2v) is 6.67. The van der Waals surface area contributed by atoms with Gasteiger partial charge in [-0.15, -0.1) is 0 Å². The SMILES string of the molecule is COc1ccc(C(=O)NNC(=S)NC(=O)COc2ccc(C)cc2Br)cc1. The van der Waals surface area contributed by atoms with Gasteiger partial charge in [-0.1, -0.05) is 6.07 Å². The number of rotatable bonds is 5. The fourth-order valence-electron chi connectivity index (χ4n) is 1.99. The summed E-state index contributed by atoms with van der Waals surface area (Å²) in [6.45, 7) is 1.72. The van der Waals surface area contributed by atoms with Crippen molar-refractivity contribution in [2.75, 3.05) is 13.7 Å². The number of halogens is 1. The molecular formula is C18H18BrN3O4S. The van der Waals surface area contributed by atoms with E-state index in [4.69, 9.17) is 21.7 Å². The van der Waals surface area contributed by atoms with Gasteiger partial charge in [0.25, 0.3) is 11.8 Å². The van der Waals surface area contributed by atoms with Gasteiger partial charge in [-0.3, -0.25) is 25.8 Å². The third-order valence-electron chi connectivity index (χ3n) is 3.34. The van der Waals surface area contributed by atoms with E-state index in [-0.39, 0.29) is 11.7 Å². The maximum atomic E-state index is 12.0. The molecule has 0 aromatic heterocycles. The highest BCUT2D eigenvalue weighted by molar-refractivity contribution is 9.10. The van der Waals surface area contributed by atoms with Gasteiger partial charge >= 0.3 is 0 Å². The predicted molar refractivity (Wildman–Crippen MR) is 109 cm³/mol. The molecule has 0 bridgehead atoms. The summed E-state index contributed by atoms with van der Waals surface area (Å²) >= 11 is 8.34. The smallest absolute Gasteiger partial charge is 0.269 e. The molecule has 0 atom stereocenters. The quantitative estimate of drug-likeness (QED) is 0.477. The molecule has 0 unspecified atom stereocenters. The lowest BCUT2D eigenvalue weighted by molar-refractivity contribution is -0.121. The summed E-state index contributed by atoms with van der Waals surface area (Å²) in [4.78, 5) is 23.9. The number of hydrogen-bond donors (Lipinski definition) is 3. The molecule has 0 heterocycles. The first-order valence-electron chi connectivity index (χ1n) is 7.82. The van der Waals surface area contributed by atoms with Gasteiger partial charge in [-0.05, 0) is 77.0 Å². The Hall–Kier alpha value is -2.65. The highest BCUT2D eigenvalue weighted by Crippen LogP contribution is 2.25. The standard InChI is InChI=1S/C18H18BrN3O4S/c1-11-3-8-15(14(19)9-11)26-10-16(23)20-18(27)22-21-17(24)12-4-6-13(25-2)7-5-12/h3-9H,10H2,1-2H3,(H,21,24)(H2,20,22,23,27). The van der Waals surface area contributed by atoms with Crippen molar-refractivity contribution in [3.63, 3.8) is 0 Å². The summed E-state index contributed by atoms with van der Waals surface area (Å²) in [6.07, 6.45) is 0. The first kappa shape index (κ1) is 20.7. The minimum absolute atomic E-state index is 0.0477. The maximum absolute atomic E-state index is 12.0. The molecule has 27 heavy (non-hydrogen) atoms. The van der Waals surface area contributed by atoms with Gasteiger partial charge in [0.05, 0.1) is 11.6 Å². The van der Waals surface area contributed by atoms with Crippen LogP contribution in [0.5, 0.6) is 11.5 Å². The number of benzene rings is 2. The molecule has 0 saturated heterocycles. The summed E-state index contributed by atoms with van der Waals surface area (Å²) in [6, 6.07) is 12.0. The van der Waals surface area contributed by atoms with Crippen LogP contribution < -0.4 is 25.6 Å². The number of hydrazine groups is 1. The predicted octanol–water partition coefficient (Wildman–Crippen LogP) is 2.48. The molecule has 2 amide bonds. The Balaban J connectivity index is 1.75. The van der Waals surface area contributed by atoms with Crippen LogP contribution in [0.3, 0.4) is 0 Å².